The Morgan fingerprint density at radius 2 is 2.05 bits per heavy atom. The van der Waals surface area contributed by atoms with Crippen LogP contribution in [0.15, 0.2) is 23.1 Å². The van der Waals surface area contributed by atoms with Gasteiger partial charge in [-0.3, -0.25) is 19.7 Å². The van der Waals surface area contributed by atoms with Gasteiger partial charge in [0.1, 0.15) is 5.56 Å². The molecular formula is C14H17N3O4S. The highest BCUT2D eigenvalue weighted by Gasteiger charge is 2.23. The van der Waals surface area contributed by atoms with Crippen molar-refractivity contribution in [1.82, 2.24) is 10.2 Å². The molecular weight excluding hydrogens is 306 g/mol. The van der Waals surface area contributed by atoms with E-state index in [1.54, 1.807) is 11.0 Å². The molecule has 8 heteroatoms. The molecule has 0 aromatic heterocycles. The standard InChI is InChI=1S/C14H17N3O4S/c1-22-10-4-5-12(17(20)21)11(8-10)14(19)15-9-13(18)16-6-2-3-7-16/h4-5,8H,2-3,6-7,9H2,1H3,(H,15,19). The Kier molecular flexibility index (Phi) is 5.37. The Bertz CT molecular complexity index is 600. The summed E-state index contributed by atoms with van der Waals surface area (Å²) in [6.45, 7) is 1.27. The van der Waals surface area contributed by atoms with Crippen LogP contribution in [0.1, 0.15) is 23.2 Å². The van der Waals surface area contributed by atoms with Gasteiger partial charge in [0, 0.05) is 24.1 Å². The number of hydrogen-bond acceptors (Lipinski definition) is 5. The number of hydrogen-bond donors (Lipinski definition) is 1. The van der Waals surface area contributed by atoms with E-state index < -0.39 is 10.8 Å². The summed E-state index contributed by atoms with van der Waals surface area (Å²) < 4.78 is 0. The molecule has 0 unspecified atom stereocenters. The van der Waals surface area contributed by atoms with Gasteiger partial charge in [-0.1, -0.05) is 0 Å². The molecule has 0 spiro atoms. The molecule has 2 rings (SSSR count). The first-order valence-corrected chi connectivity index (χ1v) is 8.14. The van der Waals surface area contributed by atoms with E-state index in [2.05, 4.69) is 5.32 Å². The number of likely N-dealkylation sites (tertiary alicyclic amines) is 1. The van der Waals surface area contributed by atoms with Crippen LogP contribution < -0.4 is 5.32 Å². The van der Waals surface area contributed by atoms with Gasteiger partial charge in [0.05, 0.1) is 11.5 Å². The topological polar surface area (TPSA) is 92.5 Å². The third kappa shape index (κ3) is 3.76. The van der Waals surface area contributed by atoms with Crippen LogP contribution in [0.3, 0.4) is 0 Å². The number of benzene rings is 1. The van der Waals surface area contributed by atoms with E-state index >= 15 is 0 Å². The molecule has 0 atom stereocenters. The smallest absolute Gasteiger partial charge is 0.282 e. The lowest BCUT2D eigenvalue weighted by Crippen LogP contribution is -2.38. The highest BCUT2D eigenvalue weighted by atomic mass is 32.2. The maximum atomic E-state index is 12.2. The molecule has 1 aromatic rings. The minimum atomic E-state index is -0.602. The normalized spacial score (nSPS) is 14.0. The van der Waals surface area contributed by atoms with Gasteiger partial charge in [-0.15, -0.1) is 11.8 Å². The van der Waals surface area contributed by atoms with Gasteiger partial charge >= 0.3 is 0 Å². The second-order valence-corrected chi connectivity index (χ2v) is 5.79. The number of rotatable bonds is 5. The first kappa shape index (κ1) is 16.3. The minimum Gasteiger partial charge on any atom is -0.343 e. The fourth-order valence-corrected chi connectivity index (χ4v) is 2.75. The number of carbonyl (C=O) groups excluding carboxylic acids is 2. The van der Waals surface area contributed by atoms with Gasteiger partial charge in [-0.05, 0) is 31.2 Å². The number of nitrogens with zero attached hydrogens (tertiary/aromatic N) is 2. The first-order valence-electron chi connectivity index (χ1n) is 6.91. The van der Waals surface area contributed by atoms with Crippen LogP contribution in [0.25, 0.3) is 0 Å². The third-order valence-electron chi connectivity index (χ3n) is 3.50. The summed E-state index contributed by atoms with van der Waals surface area (Å²) in [5.74, 6) is -0.760. The van der Waals surface area contributed by atoms with Gasteiger partial charge in [0.25, 0.3) is 11.6 Å². The first-order chi connectivity index (χ1) is 10.5. The van der Waals surface area contributed by atoms with E-state index in [1.807, 2.05) is 6.26 Å². The average Bonchev–Trinajstić information content (AvgIpc) is 3.05. The van der Waals surface area contributed by atoms with Crippen molar-refractivity contribution in [3.63, 3.8) is 0 Å². The third-order valence-corrected chi connectivity index (χ3v) is 4.23. The molecule has 0 aliphatic carbocycles. The van der Waals surface area contributed by atoms with E-state index in [4.69, 9.17) is 0 Å². The van der Waals surface area contributed by atoms with Gasteiger partial charge in [0.15, 0.2) is 0 Å². The Morgan fingerprint density at radius 3 is 2.64 bits per heavy atom. The van der Waals surface area contributed by atoms with E-state index in [-0.39, 0.29) is 23.7 Å². The summed E-state index contributed by atoms with van der Waals surface area (Å²) in [6, 6.07) is 4.37. The van der Waals surface area contributed by atoms with Crippen LogP contribution in [-0.2, 0) is 4.79 Å². The van der Waals surface area contributed by atoms with Crippen molar-refractivity contribution in [3.8, 4) is 0 Å². The molecule has 2 amide bonds. The van der Waals surface area contributed by atoms with Crippen LogP contribution in [0.2, 0.25) is 0 Å². The van der Waals surface area contributed by atoms with Crippen molar-refractivity contribution in [2.45, 2.75) is 17.7 Å². The molecule has 1 saturated heterocycles. The minimum absolute atomic E-state index is 0.0222. The van der Waals surface area contributed by atoms with Gasteiger partial charge in [0.2, 0.25) is 5.91 Å². The number of thioether (sulfide) groups is 1. The summed E-state index contributed by atoms with van der Waals surface area (Å²) in [4.78, 5) is 36.9. The Labute approximate surface area is 132 Å². The highest BCUT2D eigenvalue weighted by Crippen LogP contribution is 2.24. The molecule has 7 nitrogen and oxygen atoms in total. The Balaban J connectivity index is 2.07. The predicted octanol–water partition coefficient (Wildman–Crippen LogP) is 1.67. The lowest BCUT2D eigenvalue weighted by Gasteiger charge is -2.15. The summed E-state index contributed by atoms with van der Waals surface area (Å²) in [5.41, 5.74) is -0.282. The average molecular weight is 323 g/mol. The zero-order valence-corrected chi connectivity index (χ0v) is 13.0. The van der Waals surface area contributed by atoms with E-state index in [0.717, 1.165) is 17.7 Å². The molecule has 0 bridgehead atoms. The van der Waals surface area contributed by atoms with E-state index in [9.17, 15) is 19.7 Å². The lowest BCUT2D eigenvalue weighted by atomic mass is 10.1. The molecule has 0 radical (unpaired) electrons. The fraction of sp³-hybridized carbons (Fsp3) is 0.429. The van der Waals surface area contributed by atoms with Crippen LogP contribution >= 0.6 is 11.8 Å². The van der Waals surface area contributed by atoms with Crippen LogP contribution in [-0.4, -0.2) is 47.5 Å². The van der Waals surface area contributed by atoms with E-state index in [1.165, 1.54) is 23.9 Å². The molecule has 1 fully saturated rings. The van der Waals surface area contributed by atoms with Gasteiger partial charge in [-0.2, -0.15) is 0 Å². The summed E-state index contributed by atoms with van der Waals surface area (Å²) in [6.07, 6.45) is 3.77. The maximum absolute atomic E-state index is 12.2. The van der Waals surface area contributed by atoms with Crippen molar-refractivity contribution >= 4 is 29.3 Å². The summed E-state index contributed by atoms with van der Waals surface area (Å²) >= 11 is 1.39. The van der Waals surface area contributed by atoms with Crippen LogP contribution in [0.4, 0.5) is 5.69 Å². The number of carbonyl (C=O) groups is 2. The van der Waals surface area contributed by atoms with Crippen molar-refractivity contribution in [3.05, 3.63) is 33.9 Å². The highest BCUT2D eigenvalue weighted by molar-refractivity contribution is 7.98. The zero-order chi connectivity index (χ0) is 16.1. The summed E-state index contributed by atoms with van der Waals surface area (Å²) in [7, 11) is 0. The number of amides is 2. The largest absolute Gasteiger partial charge is 0.343 e. The van der Waals surface area contributed by atoms with Crippen molar-refractivity contribution in [2.75, 3.05) is 25.9 Å². The van der Waals surface area contributed by atoms with Gasteiger partial charge < -0.3 is 10.2 Å². The molecule has 1 aliphatic rings. The van der Waals surface area contributed by atoms with Crippen LogP contribution in [0, 0.1) is 10.1 Å². The molecule has 1 N–H and O–H groups in total. The molecule has 0 saturated carbocycles. The second kappa shape index (κ2) is 7.26. The monoisotopic (exact) mass is 323 g/mol. The number of nitro benzene ring substituents is 1. The number of nitro groups is 1. The quantitative estimate of drug-likeness (QED) is 0.505. The molecule has 22 heavy (non-hydrogen) atoms. The predicted molar refractivity (Wildman–Crippen MR) is 83.0 cm³/mol. The van der Waals surface area contributed by atoms with Crippen molar-refractivity contribution in [1.29, 1.82) is 0 Å². The lowest BCUT2D eigenvalue weighted by molar-refractivity contribution is -0.385. The van der Waals surface area contributed by atoms with Crippen molar-refractivity contribution in [2.24, 2.45) is 0 Å². The molecule has 1 heterocycles. The molecule has 1 aliphatic heterocycles. The maximum Gasteiger partial charge on any atom is 0.282 e. The van der Waals surface area contributed by atoms with Crippen LogP contribution in [0.5, 0.6) is 0 Å². The SMILES string of the molecule is CSc1ccc([N+](=O)[O-])c(C(=O)NCC(=O)N2CCCC2)c1. The molecule has 1 aromatic carbocycles. The zero-order valence-electron chi connectivity index (χ0n) is 12.2. The fourth-order valence-electron chi connectivity index (χ4n) is 2.31. The van der Waals surface area contributed by atoms with Crippen molar-refractivity contribution < 1.29 is 14.5 Å². The second-order valence-electron chi connectivity index (χ2n) is 4.91. The summed E-state index contributed by atoms with van der Waals surface area (Å²) in [5, 5.41) is 13.5. The Hall–Kier alpha value is -2.09. The number of nitrogens with one attached hydrogen (secondary N) is 1. The van der Waals surface area contributed by atoms with Gasteiger partial charge in [-0.25, -0.2) is 0 Å². The molecule has 118 valence electrons. The Morgan fingerprint density at radius 1 is 1.36 bits per heavy atom. The van der Waals surface area contributed by atoms with E-state index in [0.29, 0.717) is 13.1 Å².